The van der Waals surface area contributed by atoms with Crippen LogP contribution in [-0.4, -0.2) is 83.1 Å². The number of fused-ring (bicyclic) bond motifs is 8. The summed E-state index contributed by atoms with van der Waals surface area (Å²) < 4.78 is 41.6. The van der Waals surface area contributed by atoms with Crippen molar-refractivity contribution in [2.45, 2.75) is 147 Å². The van der Waals surface area contributed by atoms with Crippen LogP contribution in [0.1, 0.15) is 78.1 Å². The van der Waals surface area contributed by atoms with E-state index in [1.54, 1.807) is 18.2 Å². The minimum atomic E-state index is -2.12. The molecule has 0 aromatic heterocycles. The molecule has 0 amide bonds. The van der Waals surface area contributed by atoms with Gasteiger partial charge in [-0.05, 0) is 80.3 Å². The second-order valence-electron chi connectivity index (χ2n) is 16.1. The van der Waals surface area contributed by atoms with Crippen molar-refractivity contribution in [3.05, 3.63) is 59.7 Å². The Balaban J connectivity index is 1.66. The van der Waals surface area contributed by atoms with E-state index in [9.17, 15) is 9.90 Å². The van der Waals surface area contributed by atoms with Crippen molar-refractivity contribution in [2.24, 2.45) is 16.7 Å². The third kappa shape index (κ3) is 5.31. The topological polar surface area (TPSA) is 92.7 Å². The van der Waals surface area contributed by atoms with Crippen LogP contribution >= 0.6 is 0 Å². The fourth-order valence-corrected chi connectivity index (χ4v) is 14.6. The van der Waals surface area contributed by atoms with Gasteiger partial charge in [0.1, 0.15) is 23.4 Å². The predicted molar refractivity (Wildman–Crippen MR) is 191 cm³/mol. The zero-order chi connectivity index (χ0) is 34.9. The number of rotatable bonds is 10. The van der Waals surface area contributed by atoms with E-state index in [2.05, 4.69) is 68.1 Å². The second-order valence-corrected chi connectivity index (χ2v) is 23.1. The molecule has 2 heterocycles. The van der Waals surface area contributed by atoms with Crippen LogP contribution < -0.4 is 0 Å². The molecule has 3 aliphatic carbocycles. The first-order valence-electron chi connectivity index (χ1n) is 18.3. The van der Waals surface area contributed by atoms with Gasteiger partial charge in [-0.25, -0.2) is 4.79 Å². The zero-order valence-corrected chi connectivity index (χ0v) is 32.7. The molecule has 1 N–H and O–H groups in total. The van der Waals surface area contributed by atoms with Crippen LogP contribution in [0.5, 0.6) is 0 Å². The van der Waals surface area contributed by atoms with E-state index in [-0.39, 0.29) is 18.8 Å². The summed E-state index contributed by atoms with van der Waals surface area (Å²) >= 11 is 0. The maximum Gasteiger partial charge on any atom is 0.338 e. The van der Waals surface area contributed by atoms with E-state index < -0.39 is 75.9 Å². The Kier molecular flexibility index (Phi) is 9.68. The Morgan fingerprint density at radius 2 is 1.77 bits per heavy atom. The molecule has 10 atom stereocenters. The number of esters is 1. The summed E-state index contributed by atoms with van der Waals surface area (Å²) in [7, 11) is -3.96. The zero-order valence-electron chi connectivity index (χ0n) is 30.5. The van der Waals surface area contributed by atoms with Crippen molar-refractivity contribution in [2.75, 3.05) is 6.61 Å². The lowest BCUT2D eigenvalue weighted by atomic mass is 9.45. The minimum Gasteiger partial charge on any atom is -0.455 e. The molecule has 2 aliphatic heterocycles. The predicted octanol–water partition coefficient (Wildman–Crippen LogP) is 6.94. The quantitative estimate of drug-likeness (QED) is 0.160. The van der Waals surface area contributed by atoms with Gasteiger partial charge in [0.05, 0.1) is 30.5 Å². The van der Waals surface area contributed by atoms with Gasteiger partial charge in [-0.1, -0.05) is 66.3 Å². The van der Waals surface area contributed by atoms with Gasteiger partial charge in [0.15, 0.2) is 23.6 Å². The fraction of sp³-hybridized carbons (Fsp3) is 0.711. The molecule has 0 radical (unpaired) electrons. The summed E-state index contributed by atoms with van der Waals surface area (Å²) in [5.74, 6) is -0.990. The second kappa shape index (κ2) is 12.8. The summed E-state index contributed by atoms with van der Waals surface area (Å²) in [6.45, 7) is 24.2. The third-order valence-electron chi connectivity index (χ3n) is 13.1. The fourth-order valence-electron chi connectivity index (χ4n) is 10.3. The number of hydrogen-bond donors (Lipinski definition) is 1. The van der Waals surface area contributed by atoms with Crippen LogP contribution in [0.3, 0.4) is 0 Å². The molecule has 1 unspecified atom stereocenters. The molecule has 2 saturated heterocycles. The van der Waals surface area contributed by atoms with Crippen molar-refractivity contribution in [1.82, 2.24) is 0 Å². The minimum absolute atomic E-state index is 0.162. The molecule has 2 saturated carbocycles. The van der Waals surface area contributed by atoms with E-state index >= 15 is 0 Å². The molecule has 0 spiro atoms. The van der Waals surface area contributed by atoms with Gasteiger partial charge in [-0.3, -0.25) is 0 Å². The molecule has 8 nitrogen and oxygen atoms in total. The molecule has 48 heavy (non-hydrogen) atoms. The number of hydrogen-bond acceptors (Lipinski definition) is 8. The number of benzene rings is 1. The van der Waals surface area contributed by atoms with Crippen LogP contribution in [0, 0.1) is 16.7 Å². The Morgan fingerprint density at radius 1 is 1.10 bits per heavy atom. The molecular formula is C38H58O8Si2. The Hall–Kier alpha value is -1.64. The van der Waals surface area contributed by atoms with Crippen molar-refractivity contribution in [3.63, 3.8) is 0 Å². The lowest BCUT2D eigenvalue weighted by Gasteiger charge is -2.68. The van der Waals surface area contributed by atoms with E-state index in [0.29, 0.717) is 24.8 Å². The number of carbonyl (C=O) groups excluding carboxylic acids is 1. The van der Waals surface area contributed by atoms with E-state index in [0.717, 1.165) is 29.3 Å². The standard InChI is InChI=1S/C38H58O8Si2/c1-11-28-42-30-29-24(5)26(45-48(12-2,13-3)14-4)22-38(35(29,6)7,46-47(9)10)33(44-34(39)25-18-16-15-17-19-25)31-36(8,32(30)43-28)21-20-27-37(31,40)23-41-27/h11,15-19,26-28,30-33,40,47H,1,12-14,20-23H2,2-10H3/t26-,27+,28?,30+,31-,32+,33-,36+,37-,38+/m0/s1. The first kappa shape index (κ1) is 36.2. The molecule has 266 valence electrons. The molecule has 5 aliphatic rings. The van der Waals surface area contributed by atoms with Crippen LogP contribution in [0.15, 0.2) is 54.1 Å². The Morgan fingerprint density at radius 3 is 2.33 bits per heavy atom. The van der Waals surface area contributed by atoms with Crippen LogP contribution in [0.4, 0.5) is 0 Å². The maximum absolute atomic E-state index is 14.4. The summed E-state index contributed by atoms with van der Waals surface area (Å²) in [6.07, 6.45) is 0.664. The van der Waals surface area contributed by atoms with Gasteiger partial charge in [0.25, 0.3) is 0 Å². The van der Waals surface area contributed by atoms with Crippen molar-refractivity contribution < 1.29 is 37.7 Å². The lowest BCUT2D eigenvalue weighted by Crippen LogP contribution is -2.79. The van der Waals surface area contributed by atoms with Gasteiger partial charge in [0.2, 0.25) is 0 Å². The van der Waals surface area contributed by atoms with Crippen molar-refractivity contribution in [3.8, 4) is 0 Å². The average Bonchev–Trinajstić information content (AvgIpc) is 3.48. The van der Waals surface area contributed by atoms with Crippen molar-refractivity contribution >= 4 is 23.3 Å². The monoisotopic (exact) mass is 698 g/mol. The smallest absolute Gasteiger partial charge is 0.338 e. The Bertz CT molecular complexity index is 1400. The lowest BCUT2D eigenvalue weighted by molar-refractivity contribution is -0.341. The highest BCUT2D eigenvalue weighted by Crippen LogP contribution is 2.67. The van der Waals surface area contributed by atoms with E-state index in [1.807, 2.05) is 18.2 Å². The van der Waals surface area contributed by atoms with Crippen LogP contribution in [-0.2, 0) is 27.8 Å². The van der Waals surface area contributed by atoms with Gasteiger partial charge in [-0.2, -0.15) is 0 Å². The number of carbonyl (C=O) groups is 1. The molecular weight excluding hydrogens is 641 g/mol. The van der Waals surface area contributed by atoms with Gasteiger partial charge in [-0.15, -0.1) is 0 Å². The van der Waals surface area contributed by atoms with Gasteiger partial charge < -0.3 is 32.9 Å². The highest BCUT2D eigenvalue weighted by atomic mass is 28.4. The molecule has 1 aromatic rings. The van der Waals surface area contributed by atoms with E-state index in [4.69, 9.17) is 27.8 Å². The SMILES string of the molecule is C=CC1O[C@@H]2C3=C(C)[C@@H](O[Si](CC)(CC)CC)C[C@@](O[SiH](C)C)([C@@H](OC(=O)c4ccccc4)[C@H]4[C@@](C)(CC[C@H]5OC[C@]54O)[C@@H]2O1)C3(C)C. The maximum atomic E-state index is 14.4. The van der Waals surface area contributed by atoms with Gasteiger partial charge >= 0.3 is 5.97 Å². The summed E-state index contributed by atoms with van der Waals surface area (Å²) in [5.41, 5.74) is -0.900. The number of ether oxygens (including phenoxy) is 4. The van der Waals surface area contributed by atoms with Gasteiger partial charge in [0, 0.05) is 23.2 Å². The first-order chi connectivity index (χ1) is 22.7. The van der Waals surface area contributed by atoms with Crippen LogP contribution in [0.25, 0.3) is 0 Å². The molecule has 1 aromatic carbocycles. The normalized spacial score (nSPS) is 40.2. The summed E-state index contributed by atoms with van der Waals surface area (Å²) in [5, 5.41) is 12.8. The average molecular weight is 699 g/mol. The number of aliphatic hydroxyl groups is 1. The largest absolute Gasteiger partial charge is 0.455 e. The molecule has 2 bridgehead atoms. The van der Waals surface area contributed by atoms with Crippen LogP contribution in [0.2, 0.25) is 31.2 Å². The molecule has 4 fully saturated rings. The highest BCUT2D eigenvalue weighted by Gasteiger charge is 2.76. The first-order valence-corrected chi connectivity index (χ1v) is 23.6. The summed E-state index contributed by atoms with van der Waals surface area (Å²) in [6, 6.07) is 12.2. The highest BCUT2D eigenvalue weighted by molar-refractivity contribution is 6.73. The Labute approximate surface area is 290 Å². The van der Waals surface area contributed by atoms with E-state index in [1.165, 1.54) is 0 Å². The molecule has 10 heteroatoms. The van der Waals surface area contributed by atoms with Crippen molar-refractivity contribution in [1.29, 1.82) is 0 Å². The third-order valence-corrected chi connectivity index (χ3v) is 18.7. The molecule has 6 rings (SSSR count). The summed E-state index contributed by atoms with van der Waals surface area (Å²) in [4.78, 5) is 14.4.